The number of carbonyl (C=O) groups is 1. The first-order chi connectivity index (χ1) is 15.0. The van der Waals surface area contributed by atoms with E-state index in [2.05, 4.69) is 35.8 Å². The fourth-order valence-corrected chi connectivity index (χ4v) is 4.18. The topological polar surface area (TPSA) is 143 Å². The average Bonchev–Trinajstić information content (AvgIpc) is 3.42. The minimum absolute atomic E-state index is 0.186. The third-order valence-electron chi connectivity index (χ3n) is 4.82. The molecule has 2 unspecified atom stereocenters. The Labute approximate surface area is 181 Å². The van der Waals surface area contributed by atoms with Gasteiger partial charge in [-0.2, -0.15) is 15.5 Å². The fourth-order valence-electron chi connectivity index (χ4n) is 3.35. The van der Waals surface area contributed by atoms with E-state index in [-0.39, 0.29) is 23.4 Å². The van der Waals surface area contributed by atoms with Gasteiger partial charge in [0.1, 0.15) is 16.6 Å². The number of aliphatic imine (C=N–C) groups is 1. The second kappa shape index (κ2) is 8.58. The SMILES string of the molecule is CO[C@@H](C)C1c2nc(C)sc2N=CC1NC(=O)Nc1cnc(-n2nccn2)c(C#N)c1. The Bertz CT molecular complexity index is 1170. The van der Waals surface area contributed by atoms with Crippen LogP contribution in [-0.2, 0) is 4.74 Å². The van der Waals surface area contributed by atoms with Gasteiger partial charge in [-0.1, -0.05) is 11.3 Å². The molecule has 12 heteroatoms. The summed E-state index contributed by atoms with van der Waals surface area (Å²) in [6.45, 7) is 3.85. The Morgan fingerprint density at radius 3 is 2.87 bits per heavy atom. The van der Waals surface area contributed by atoms with Crippen molar-refractivity contribution in [1.29, 1.82) is 5.26 Å². The normalized spacial score (nSPS) is 18.1. The molecular weight excluding hydrogens is 418 g/mol. The lowest BCUT2D eigenvalue weighted by Gasteiger charge is -2.30. The maximum atomic E-state index is 12.7. The molecule has 0 saturated heterocycles. The zero-order chi connectivity index (χ0) is 22.0. The van der Waals surface area contributed by atoms with Gasteiger partial charge in [-0.15, -0.1) is 4.80 Å². The molecule has 0 spiro atoms. The van der Waals surface area contributed by atoms with E-state index < -0.39 is 12.1 Å². The zero-order valence-corrected chi connectivity index (χ0v) is 17.8. The second-order valence-electron chi connectivity index (χ2n) is 6.82. The summed E-state index contributed by atoms with van der Waals surface area (Å²) in [5.41, 5.74) is 1.40. The van der Waals surface area contributed by atoms with Crippen LogP contribution in [0.25, 0.3) is 5.82 Å². The van der Waals surface area contributed by atoms with E-state index in [0.717, 1.165) is 15.7 Å². The molecule has 31 heavy (non-hydrogen) atoms. The van der Waals surface area contributed by atoms with Crippen molar-refractivity contribution in [3.63, 3.8) is 0 Å². The van der Waals surface area contributed by atoms with Gasteiger partial charge in [0, 0.05) is 13.3 Å². The summed E-state index contributed by atoms with van der Waals surface area (Å²) in [5, 5.41) is 24.7. The molecule has 0 fully saturated rings. The molecule has 11 nitrogen and oxygen atoms in total. The molecule has 158 valence electrons. The van der Waals surface area contributed by atoms with Crippen LogP contribution in [0.4, 0.5) is 15.5 Å². The number of nitrogens with one attached hydrogen (secondary N) is 2. The average molecular weight is 437 g/mol. The van der Waals surface area contributed by atoms with Crippen LogP contribution < -0.4 is 10.6 Å². The van der Waals surface area contributed by atoms with E-state index in [1.165, 1.54) is 40.8 Å². The monoisotopic (exact) mass is 437 g/mol. The van der Waals surface area contributed by atoms with Crippen molar-refractivity contribution in [2.75, 3.05) is 12.4 Å². The Morgan fingerprint density at radius 1 is 1.39 bits per heavy atom. The molecular formula is C19H19N9O2S. The summed E-state index contributed by atoms with van der Waals surface area (Å²) >= 11 is 1.51. The molecule has 3 aromatic rings. The maximum Gasteiger partial charge on any atom is 0.319 e. The summed E-state index contributed by atoms with van der Waals surface area (Å²) in [5.74, 6) is 0.0903. The van der Waals surface area contributed by atoms with Gasteiger partial charge >= 0.3 is 6.03 Å². The lowest BCUT2D eigenvalue weighted by Crippen LogP contribution is -2.47. The summed E-state index contributed by atoms with van der Waals surface area (Å²) in [4.78, 5) is 27.2. The van der Waals surface area contributed by atoms with Crippen LogP contribution in [0.5, 0.6) is 0 Å². The number of aromatic nitrogens is 5. The zero-order valence-electron chi connectivity index (χ0n) is 17.0. The van der Waals surface area contributed by atoms with Crippen LogP contribution in [0.1, 0.15) is 29.1 Å². The number of carbonyl (C=O) groups excluding carboxylic acids is 1. The lowest BCUT2D eigenvalue weighted by atomic mass is 9.90. The third kappa shape index (κ3) is 4.14. The van der Waals surface area contributed by atoms with Crippen molar-refractivity contribution in [1.82, 2.24) is 30.3 Å². The van der Waals surface area contributed by atoms with Crippen molar-refractivity contribution >= 4 is 34.3 Å². The smallest absolute Gasteiger partial charge is 0.319 e. The van der Waals surface area contributed by atoms with Gasteiger partial charge in [-0.25, -0.2) is 19.8 Å². The molecule has 1 aliphatic rings. The van der Waals surface area contributed by atoms with Crippen molar-refractivity contribution in [3.8, 4) is 11.9 Å². The van der Waals surface area contributed by atoms with E-state index in [0.29, 0.717) is 5.69 Å². The minimum atomic E-state index is -0.462. The fraction of sp³-hybridized carbons (Fsp3) is 0.316. The van der Waals surface area contributed by atoms with Gasteiger partial charge in [-0.3, -0.25) is 0 Å². The van der Waals surface area contributed by atoms with Gasteiger partial charge in [0.25, 0.3) is 0 Å². The highest BCUT2D eigenvalue weighted by Crippen LogP contribution is 2.39. The first-order valence-corrected chi connectivity index (χ1v) is 10.2. The van der Waals surface area contributed by atoms with Crippen LogP contribution in [0.3, 0.4) is 0 Å². The minimum Gasteiger partial charge on any atom is -0.381 e. The number of fused-ring (bicyclic) bond motifs is 1. The number of methoxy groups -OCH3 is 1. The highest BCUT2D eigenvalue weighted by atomic mass is 32.1. The summed E-state index contributed by atoms with van der Waals surface area (Å²) < 4.78 is 5.54. The molecule has 0 saturated carbocycles. The number of pyridine rings is 1. The van der Waals surface area contributed by atoms with E-state index >= 15 is 0 Å². The Kier molecular flexibility index (Phi) is 5.70. The van der Waals surface area contributed by atoms with E-state index in [9.17, 15) is 10.1 Å². The highest BCUT2D eigenvalue weighted by molar-refractivity contribution is 7.15. The standard InChI is InChI=1S/C19H19N9O2S/c1-10(30-3)15-14(9-22-18-16(15)25-11(2)31-18)27-19(29)26-13-6-12(7-20)17(21-8-13)28-23-4-5-24-28/h4-6,8-10,14-15H,1-3H3,(H2,26,27,29)/t10-,14?,15?/m0/s1. The quantitative estimate of drug-likeness (QED) is 0.623. The largest absolute Gasteiger partial charge is 0.381 e. The predicted octanol–water partition coefficient (Wildman–Crippen LogP) is 2.32. The lowest BCUT2D eigenvalue weighted by molar-refractivity contribution is 0.0881. The van der Waals surface area contributed by atoms with Crippen LogP contribution in [0.15, 0.2) is 29.6 Å². The van der Waals surface area contributed by atoms with Crippen molar-refractivity contribution in [3.05, 3.63) is 40.9 Å². The van der Waals surface area contributed by atoms with Crippen molar-refractivity contribution in [2.24, 2.45) is 4.99 Å². The first kappa shape index (κ1) is 20.6. The van der Waals surface area contributed by atoms with Gasteiger partial charge in [-0.05, 0) is 19.9 Å². The van der Waals surface area contributed by atoms with Crippen LogP contribution in [0, 0.1) is 18.3 Å². The Hall–Kier alpha value is -3.69. The number of nitrogens with zero attached hydrogens (tertiary/aromatic N) is 7. The first-order valence-electron chi connectivity index (χ1n) is 9.38. The Morgan fingerprint density at radius 2 is 2.16 bits per heavy atom. The molecule has 2 N–H and O–H groups in total. The van der Waals surface area contributed by atoms with Crippen molar-refractivity contribution < 1.29 is 9.53 Å². The van der Waals surface area contributed by atoms with E-state index in [1.807, 2.05) is 19.9 Å². The maximum absolute atomic E-state index is 12.7. The molecule has 0 radical (unpaired) electrons. The summed E-state index contributed by atoms with van der Waals surface area (Å²) in [6.07, 6.45) is 5.92. The van der Waals surface area contributed by atoms with Crippen molar-refractivity contribution in [2.45, 2.75) is 31.9 Å². The summed E-state index contributed by atoms with van der Waals surface area (Å²) in [6, 6.07) is 2.67. The second-order valence-corrected chi connectivity index (χ2v) is 8.00. The molecule has 3 atom stereocenters. The van der Waals surface area contributed by atoms with Crippen LogP contribution in [0.2, 0.25) is 0 Å². The number of anilines is 1. The number of aryl methyl sites for hydroxylation is 1. The number of hydrogen-bond donors (Lipinski definition) is 2. The van der Waals surface area contributed by atoms with Gasteiger partial charge in [0.2, 0.25) is 0 Å². The third-order valence-corrected chi connectivity index (χ3v) is 5.72. The number of amides is 2. The molecule has 0 aromatic carbocycles. The molecule has 3 aromatic heterocycles. The van der Waals surface area contributed by atoms with Gasteiger partial charge < -0.3 is 15.4 Å². The molecule has 0 aliphatic carbocycles. The number of hydrogen-bond acceptors (Lipinski definition) is 9. The Balaban J connectivity index is 1.51. The van der Waals surface area contributed by atoms with Gasteiger partial charge in [0.15, 0.2) is 5.82 Å². The molecule has 2 amide bonds. The predicted molar refractivity (Wildman–Crippen MR) is 114 cm³/mol. The number of urea groups is 1. The molecule has 0 bridgehead atoms. The highest BCUT2D eigenvalue weighted by Gasteiger charge is 2.35. The number of thiazole rings is 1. The molecule has 4 rings (SSSR count). The number of nitriles is 1. The number of rotatable bonds is 5. The number of ether oxygens (including phenoxy) is 1. The van der Waals surface area contributed by atoms with Crippen LogP contribution >= 0.6 is 11.3 Å². The molecule has 1 aliphatic heterocycles. The van der Waals surface area contributed by atoms with E-state index in [4.69, 9.17) is 4.74 Å². The van der Waals surface area contributed by atoms with Crippen LogP contribution in [-0.4, -0.2) is 56.5 Å². The van der Waals surface area contributed by atoms with Gasteiger partial charge in [0.05, 0.1) is 53.0 Å². The summed E-state index contributed by atoms with van der Waals surface area (Å²) in [7, 11) is 1.62. The molecule has 4 heterocycles. The van der Waals surface area contributed by atoms with E-state index in [1.54, 1.807) is 13.3 Å².